The van der Waals surface area contributed by atoms with Crippen LogP contribution in [0.5, 0.6) is 0 Å². The number of halogens is 1. The molecule has 7 heteroatoms. The molecule has 0 saturated carbocycles. The summed E-state index contributed by atoms with van der Waals surface area (Å²) in [7, 11) is 1.29. The van der Waals surface area contributed by atoms with E-state index in [4.69, 9.17) is 11.6 Å². The van der Waals surface area contributed by atoms with Crippen molar-refractivity contribution in [2.75, 3.05) is 25.1 Å². The number of benzene rings is 1. The predicted octanol–water partition coefficient (Wildman–Crippen LogP) is 2.28. The average molecular weight is 349 g/mol. The minimum absolute atomic E-state index is 0.0426. The third-order valence-electron chi connectivity index (χ3n) is 4.22. The highest BCUT2D eigenvalue weighted by atomic mass is 35.5. The summed E-state index contributed by atoms with van der Waals surface area (Å²) in [5, 5.41) is -0.0426. The zero-order valence-corrected chi connectivity index (χ0v) is 14.0. The molecule has 2 heterocycles. The van der Waals surface area contributed by atoms with Gasteiger partial charge in [0.1, 0.15) is 10.7 Å². The molecular weight excluding hydrogens is 332 g/mol. The Morgan fingerprint density at radius 2 is 1.67 bits per heavy atom. The SMILES string of the molecule is COC(=O)c1ccc(N2C(=O)C(Cl)=C(N3CCCCC3)C2=O)cc1. The summed E-state index contributed by atoms with van der Waals surface area (Å²) in [6.07, 6.45) is 3.06. The van der Waals surface area contributed by atoms with E-state index < -0.39 is 17.8 Å². The summed E-state index contributed by atoms with van der Waals surface area (Å²) in [6, 6.07) is 6.08. The molecular formula is C17H17ClN2O4. The zero-order chi connectivity index (χ0) is 17.3. The molecule has 126 valence electrons. The molecule has 1 aromatic rings. The van der Waals surface area contributed by atoms with E-state index in [0.29, 0.717) is 11.3 Å². The van der Waals surface area contributed by atoms with Gasteiger partial charge in [-0.2, -0.15) is 0 Å². The van der Waals surface area contributed by atoms with Gasteiger partial charge in [0.2, 0.25) is 0 Å². The highest BCUT2D eigenvalue weighted by Gasteiger charge is 2.41. The van der Waals surface area contributed by atoms with Crippen LogP contribution in [0.3, 0.4) is 0 Å². The summed E-state index contributed by atoms with van der Waals surface area (Å²) in [5.74, 6) is -1.43. The van der Waals surface area contributed by atoms with E-state index >= 15 is 0 Å². The molecule has 0 N–H and O–H groups in total. The molecule has 2 amide bonds. The first-order valence-electron chi connectivity index (χ1n) is 7.76. The third-order valence-corrected chi connectivity index (χ3v) is 4.56. The molecule has 0 spiro atoms. The van der Waals surface area contributed by atoms with E-state index in [2.05, 4.69) is 4.74 Å². The molecule has 0 bridgehead atoms. The summed E-state index contributed by atoms with van der Waals surface area (Å²) < 4.78 is 4.63. The van der Waals surface area contributed by atoms with E-state index in [1.54, 1.807) is 0 Å². The number of methoxy groups -OCH3 is 1. The van der Waals surface area contributed by atoms with Crippen molar-refractivity contribution in [3.8, 4) is 0 Å². The van der Waals surface area contributed by atoms with Crippen LogP contribution in [-0.4, -0.2) is 42.9 Å². The molecule has 0 aliphatic carbocycles. The largest absolute Gasteiger partial charge is 0.465 e. The summed E-state index contributed by atoms with van der Waals surface area (Å²) in [4.78, 5) is 39.6. The van der Waals surface area contributed by atoms with Crippen molar-refractivity contribution in [2.45, 2.75) is 19.3 Å². The van der Waals surface area contributed by atoms with Crippen LogP contribution in [0.4, 0.5) is 5.69 Å². The van der Waals surface area contributed by atoms with Gasteiger partial charge in [0, 0.05) is 13.1 Å². The van der Waals surface area contributed by atoms with Crippen LogP contribution < -0.4 is 4.90 Å². The molecule has 1 fully saturated rings. The molecule has 2 aliphatic rings. The molecule has 24 heavy (non-hydrogen) atoms. The fraction of sp³-hybridized carbons (Fsp3) is 0.353. The average Bonchev–Trinajstić information content (AvgIpc) is 2.84. The number of rotatable bonds is 3. The van der Waals surface area contributed by atoms with Gasteiger partial charge in [-0.3, -0.25) is 9.59 Å². The van der Waals surface area contributed by atoms with Crippen molar-refractivity contribution < 1.29 is 19.1 Å². The maximum absolute atomic E-state index is 12.7. The molecule has 0 aromatic heterocycles. The Morgan fingerprint density at radius 3 is 2.25 bits per heavy atom. The van der Waals surface area contributed by atoms with Gasteiger partial charge in [-0.25, -0.2) is 9.69 Å². The Bertz CT molecular complexity index is 721. The van der Waals surface area contributed by atoms with Crippen molar-refractivity contribution >= 4 is 35.1 Å². The van der Waals surface area contributed by atoms with Gasteiger partial charge in [-0.1, -0.05) is 11.6 Å². The lowest BCUT2D eigenvalue weighted by Gasteiger charge is -2.29. The lowest BCUT2D eigenvalue weighted by Crippen LogP contribution is -2.37. The van der Waals surface area contributed by atoms with Crippen LogP contribution >= 0.6 is 11.6 Å². The molecule has 2 aliphatic heterocycles. The van der Waals surface area contributed by atoms with Crippen molar-refractivity contribution in [3.05, 3.63) is 40.6 Å². The fourth-order valence-electron chi connectivity index (χ4n) is 2.98. The van der Waals surface area contributed by atoms with E-state index in [9.17, 15) is 14.4 Å². The highest BCUT2D eigenvalue weighted by molar-refractivity contribution is 6.52. The molecule has 0 atom stereocenters. The van der Waals surface area contributed by atoms with Crippen LogP contribution in [0.25, 0.3) is 0 Å². The standard InChI is InChI=1S/C17H17ClN2O4/c1-24-17(23)11-5-7-12(8-6-11)20-15(21)13(18)14(16(20)22)19-9-3-2-4-10-19/h5-8H,2-4,9-10H2,1H3. The van der Waals surface area contributed by atoms with Gasteiger partial charge < -0.3 is 9.64 Å². The van der Waals surface area contributed by atoms with E-state index in [0.717, 1.165) is 37.3 Å². The predicted molar refractivity (Wildman–Crippen MR) is 88.6 cm³/mol. The molecule has 0 radical (unpaired) electrons. The lowest BCUT2D eigenvalue weighted by atomic mass is 10.1. The van der Waals surface area contributed by atoms with Gasteiger partial charge in [0.25, 0.3) is 11.8 Å². The maximum atomic E-state index is 12.7. The summed E-state index contributed by atoms with van der Waals surface area (Å²) >= 11 is 6.16. The van der Waals surface area contributed by atoms with Gasteiger partial charge in [0.15, 0.2) is 0 Å². The second-order valence-corrected chi connectivity index (χ2v) is 6.07. The number of piperidine rings is 1. The number of esters is 1. The Morgan fingerprint density at radius 1 is 1.04 bits per heavy atom. The Balaban J connectivity index is 1.87. The Labute approximate surface area is 144 Å². The number of anilines is 1. The molecule has 1 aromatic carbocycles. The van der Waals surface area contributed by atoms with Gasteiger partial charge in [-0.05, 0) is 43.5 Å². The van der Waals surface area contributed by atoms with E-state index in [-0.39, 0.29) is 10.7 Å². The van der Waals surface area contributed by atoms with Crippen molar-refractivity contribution in [3.63, 3.8) is 0 Å². The van der Waals surface area contributed by atoms with Crippen LogP contribution in [-0.2, 0) is 14.3 Å². The Kier molecular flexibility index (Phi) is 4.57. The maximum Gasteiger partial charge on any atom is 0.337 e. The lowest BCUT2D eigenvalue weighted by molar-refractivity contribution is -0.121. The quantitative estimate of drug-likeness (QED) is 0.619. The first-order valence-corrected chi connectivity index (χ1v) is 8.14. The van der Waals surface area contributed by atoms with Crippen LogP contribution in [0.1, 0.15) is 29.6 Å². The number of carbonyl (C=O) groups excluding carboxylic acids is 3. The second-order valence-electron chi connectivity index (χ2n) is 5.69. The zero-order valence-electron chi connectivity index (χ0n) is 13.3. The normalized spacial score (nSPS) is 18.4. The van der Waals surface area contributed by atoms with Crippen molar-refractivity contribution in [2.24, 2.45) is 0 Å². The van der Waals surface area contributed by atoms with Crippen molar-refractivity contribution in [1.82, 2.24) is 4.90 Å². The van der Waals surface area contributed by atoms with Crippen LogP contribution in [0.15, 0.2) is 35.0 Å². The smallest absolute Gasteiger partial charge is 0.337 e. The Hall–Kier alpha value is -2.34. The molecule has 1 saturated heterocycles. The minimum atomic E-state index is -0.534. The number of likely N-dealkylation sites (tertiary alicyclic amines) is 1. The highest BCUT2D eigenvalue weighted by Crippen LogP contribution is 2.32. The number of hydrogen-bond donors (Lipinski definition) is 0. The van der Waals surface area contributed by atoms with Crippen LogP contribution in [0.2, 0.25) is 0 Å². The fourth-order valence-corrected chi connectivity index (χ4v) is 3.27. The van der Waals surface area contributed by atoms with E-state index in [1.165, 1.54) is 31.4 Å². The van der Waals surface area contributed by atoms with Gasteiger partial charge in [0.05, 0.1) is 18.4 Å². The number of hydrogen-bond acceptors (Lipinski definition) is 5. The topological polar surface area (TPSA) is 66.9 Å². The van der Waals surface area contributed by atoms with Crippen molar-refractivity contribution in [1.29, 1.82) is 0 Å². The first kappa shape index (κ1) is 16.5. The van der Waals surface area contributed by atoms with Crippen LogP contribution in [0, 0.1) is 0 Å². The number of nitrogens with zero attached hydrogens (tertiary/aromatic N) is 2. The van der Waals surface area contributed by atoms with Gasteiger partial charge >= 0.3 is 5.97 Å². The molecule has 0 unspecified atom stereocenters. The molecule has 3 rings (SSSR count). The third kappa shape index (κ3) is 2.78. The monoisotopic (exact) mass is 348 g/mol. The summed E-state index contributed by atoms with van der Waals surface area (Å²) in [5.41, 5.74) is 0.997. The first-order chi connectivity index (χ1) is 11.5. The molecule has 6 nitrogen and oxygen atoms in total. The second kappa shape index (κ2) is 6.65. The van der Waals surface area contributed by atoms with E-state index in [1.807, 2.05) is 4.90 Å². The number of ether oxygens (including phenoxy) is 1. The number of carbonyl (C=O) groups is 3. The number of imide groups is 1. The summed E-state index contributed by atoms with van der Waals surface area (Å²) in [6.45, 7) is 1.44. The minimum Gasteiger partial charge on any atom is -0.465 e. The van der Waals surface area contributed by atoms with Gasteiger partial charge in [-0.15, -0.1) is 0 Å². The number of amides is 2.